The fourth-order valence-electron chi connectivity index (χ4n) is 8.91. The minimum atomic E-state index is 0.584. The second kappa shape index (κ2) is 10.7. The van der Waals surface area contributed by atoms with Crippen LogP contribution < -0.4 is 0 Å². The lowest BCUT2D eigenvalue weighted by molar-refractivity contribution is 0.669. The highest BCUT2D eigenvalue weighted by Gasteiger charge is 2.23. The van der Waals surface area contributed by atoms with Gasteiger partial charge in [0.05, 0.1) is 45.1 Å². The first-order chi connectivity index (χ1) is 26.8. The summed E-state index contributed by atoms with van der Waals surface area (Å²) in [4.78, 5) is 4.12. The molecule has 250 valence electrons. The lowest BCUT2D eigenvalue weighted by Gasteiger charge is -2.17. The van der Waals surface area contributed by atoms with Gasteiger partial charge >= 0.3 is 0 Å². The number of para-hydroxylation sites is 5. The topological polar surface area (TPSA) is 40.5 Å². The molecular formula is C49H27N3O2. The third-order valence-electron chi connectivity index (χ3n) is 11.1. The highest BCUT2D eigenvalue weighted by atomic mass is 16.3. The Bertz CT molecular complexity index is 3570. The van der Waals surface area contributed by atoms with E-state index >= 15 is 0 Å². The Kier molecular flexibility index (Phi) is 5.78. The van der Waals surface area contributed by atoms with Crippen molar-refractivity contribution in [3.63, 3.8) is 0 Å². The molecule has 0 fully saturated rings. The quantitative estimate of drug-likeness (QED) is 0.173. The van der Waals surface area contributed by atoms with Crippen molar-refractivity contribution in [2.45, 2.75) is 0 Å². The Morgan fingerprint density at radius 2 is 0.926 bits per heavy atom. The van der Waals surface area contributed by atoms with Crippen LogP contribution in [0.2, 0.25) is 0 Å². The summed E-state index contributed by atoms with van der Waals surface area (Å²) >= 11 is 0. The molecular weight excluding hydrogens is 663 g/mol. The number of rotatable bonds is 3. The molecule has 0 N–H and O–H groups in total. The maximum absolute atomic E-state index is 8.40. The Morgan fingerprint density at radius 1 is 0.407 bits per heavy atom. The molecule has 8 aromatic carbocycles. The predicted octanol–water partition coefficient (Wildman–Crippen LogP) is 13.9. The molecule has 4 heterocycles. The van der Waals surface area contributed by atoms with Crippen LogP contribution in [0.15, 0.2) is 173 Å². The van der Waals surface area contributed by atoms with Crippen molar-refractivity contribution in [1.29, 1.82) is 0 Å². The maximum Gasteiger partial charge on any atom is 0.211 e. The van der Waals surface area contributed by atoms with E-state index in [-0.39, 0.29) is 0 Å². The van der Waals surface area contributed by atoms with Crippen LogP contribution >= 0.6 is 0 Å². The van der Waals surface area contributed by atoms with Crippen LogP contribution in [0.1, 0.15) is 0 Å². The van der Waals surface area contributed by atoms with Gasteiger partial charge in [0.1, 0.15) is 22.3 Å². The van der Waals surface area contributed by atoms with Gasteiger partial charge in [-0.15, -0.1) is 0 Å². The van der Waals surface area contributed by atoms with Gasteiger partial charge in [0.2, 0.25) is 5.69 Å². The first kappa shape index (κ1) is 29.1. The molecule has 0 aliphatic heterocycles. The number of furan rings is 2. The summed E-state index contributed by atoms with van der Waals surface area (Å²) < 4.78 is 17.4. The minimum Gasteiger partial charge on any atom is -0.456 e. The zero-order chi connectivity index (χ0) is 35.5. The number of fused-ring (bicyclic) bond motifs is 14. The third kappa shape index (κ3) is 3.81. The molecule has 0 atom stereocenters. The molecule has 4 aromatic heterocycles. The second-order valence-electron chi connectivity index (χ2n) is 13.9. The minimum absolute atomic E-state index is 0.584. The second-order valence-corrected chi connectivity index (χ2v) is 13.9. The fraction of sp³-hybridized carbons (Fsp3) is 0. The first-order valence-corrected chi connectivity index (χ1v) is 18.1. The van der Waals surface area contributed by atoms with Crippen molar-refractivity contribution in [3.8, 4) is 22.5 Å². The molecule has 0 bridgehead atoms. The average molecular weight is 690 g/mol. The van der Waals surface area contributed by atoms with Crippen molar-refractivity contribution >= 4 is 93.2 Å². The standard InChI is InChI=1S/C49H27N3O2/c1-50-38-16-10-15-31(47(38)52-40-18-7-3-12-33(40)35-26-28-44-46(49(35)52)37-14-5-9-20-42(37)54-44)29-21-23-30(24-22-29)51-39-17-6-2-11-32(39)34-25-27-43-45(48(34)51)36-13-4-8-19-41(36)53-43/h2-28H. The van der Waals surface area contributed by atoms with Gasteiger partial charge in [0.25, 0.3) is 0 Å². The van der Waals surface area contributed by atoms with Gasteiger partial charge in [-0.25, -0.2) is 4.85 Å². The van der Waals surface area contributed by atoms with Gasteiger partial charge in [0.15, 0.2) is 0 Å². The lowest BCUT2D eigenvalue weighted by atomic mass is 10.0. The van der Waals surface area contributed by atoms with E-state index < -0.39 is 0 Å². The monoisotopic (exact) mass is 689 g/mol. The van der Waals surface area contributed by atoms with E-state index in [1.807, 2.05) is 36.4 Å². The Labute approximate surface area is 307 Å². The summed E-state index contributed by atoms with van der Waals surface area (Å²) in [5.41, 5.74) is 12.3. The molecule has 0 saturated heterocycles. The number of benzene rings is 8. The third-order valence-corrected chi connectivity index (χ3v) is 11.1. The van der Waals surface area contributed by atoms with Crippen LogP contribution in [0.25, 0.3) is 115 Å². The number of hydrogen-bond acceptors (Lipinski definition) is 2. The van der Waals surface area contributed by atoms with Crippen LogP contribution in [0.3, 0.4) is 0 Å². The maximum atomic E-state index is 8.40. The zero-order valence-electron chi connectivity index (χ0n) is 28.7. The lowest BCUT2D eigenvalue weighted by Crippen LogP contribution is -1.99. The van der Waals surface area contributed by atoms with Crippen molar-refractivity contribution in [1.82, 2.24) is 9.13 Å². The number of hydrogen-bond donors (Lipinski definition) is 0. The van der Waals surface area contributed by atoms with E-state index in [1.165, 1.54) is 10.8 Å². The first-order valence-electron chi connectivity index (χ1n) is 18.1. The molecule has 12 rings (SSSR count). The Balaban J connectivity index is 1.13. The van der Waals surface area contributed by atoms with Crippen LogP contribution in [0.4, 0.5) is 5.69 Å². The molecule has 0 aliphatic carbocycles. The fourth-order valence-corrected chi connectivity index (χ4v) is 8.91. The summed E-state index contributed by atoms with van der Waals surface area (Å²) in [6.45, 7) is 8.40. The molecule has 0 unspecified atom stereocenters. The van der Waals surface area contributed by atoms with E-state index in [4.69, 9.17) is 15.4 Å². The number of nitrogens with zero attached hydrogens (tertiary/aromatic N) is 3. The van der Waals surface area contributed by atoms with Crippen LogP contribution in [0.5, 0.6) is 0 Å². The molecule has 0 saturated carbocycles. The van der Waals surface area contributed by atoms with Crippen molar-refractivity contribution in [3.05, 3.63) is 175 Å². The zero-order valence-corrected chi connectivity index (χ0v) is 28.7. The summed E-state index contributed by atoms with van der Waals surface area (Å²) in [6, 6.07) is 56.9. The van der Waals surface area contributed by atoms with Crippen molar-refractivity contribution < 1.29 is 8.83 Å². The van der Waals surface area contributed by atoms with E-state index in [9.17, 15) is 0 Å². The van der Waals surface area contributed by atoms with E-state index in [1.54, 1.807) is 0 Å². The van der Waals surface area contributed by atoms with Crippen LogP contribution in [-0.2, 0) is 0 Å². The molecule has 5 heteroatoms. The van der Waals surface area contributed by atoms with Crippen LogP contribution in [-0.4, -0.2) is 9.13 Å². The van der Waals surface area contributed by atoms with Gasteiger partial charge in [-0.05, 0) is 71.8 Å². The molecule has 0 amide bonds. The van der Waals surface area contributed by atoms with E-state index in [0.29, 0.717) is 5.69 Å². The van der Waals surface area contributed by atoms with Gasteiger partial charge in [-0.1, -0.05) is 103 Å². The van der Waals surface area contributed by atoms with Gasteiger partial charge in [-0.3, -0.25) is 0 Å². The highest BCUT2D eigenvalue weighted by Crippen LogP contribution is 2.46. The smallest absolute Gasteiger partial charge is 0.211 e. The summed E-state index contributed by atoms with van der Waals surface area (Å²) in [6.07, 6.45) is 0. The SMILES string of the molecule is [C-]#[N+]c1cccc(-c2ccc(-n3c4ccccc4c4ccc5oc6ccccc6c5c43)cc2)c1-n1c2ccccc2c2ccc3oc4ccccc4c3c21. The molecule has 5 nitrogen and oxygen atoms in total. The van der Waals surface area contributed by atoms with E-state index in [2.05, 4.69) is 141 Å². The van der Waals surface area contributed by atoms with Crippen molar-refractivity contribution in [2.75, 3.05) is 0 Å². The van der Waals surface area contributed by atoms with Crippen LogP contribution in [0, 0.1) is 6.57 Å². The molecule has 0 spiro atoms. The molecule has 54 heavy (non-hydrogen) atoms. The highest BCUT2D eigenvalue weighted by molar-refractivity contribution is 6.26. The normalized spacial score (nSPS) is 12.1. The Morgan fingerprint density at radius 3 is 1.52 bits per heavy atom. The molecule has 12 aromatic rings. The molecule has 0 aliphatic rings. The Hall–Kier alpha value is -7.55. The average Bonchev–Trinajstić information content (AvgIpc) is 3.98. The molecule has 0 radical (unpaired) electrons. The number of aromatic nitrogens is 2. The largest absolute Gasteiger partial charge is 0.456 e. The summed E-state index contributed by atoms with van der Waals surface area (Å²) in [5, 5.41) is 8.94. The van der Waals surface area contributed by atoms with Crippen molar-refractivity contribution in [2.24, 2.45) is 0 Å². The summed E-state index contributed by atoms with van der Waals surface area (Å²) in [5.74, 6) is 0. The summed E-state index contributed by atoms with van der Waals surface area (Å²) in [7, 11) is 0. The predicted molar refractivity (Wildman–Crippen MR) is 221 cm³/mol. The van der Waals surface area contributed by atoms with Gasteiger partial charge in [0, 0.05) is 38.0 Å². The van der Waals surface area contributed by atoms with Gasteiger partial charge < -0.3 is 18.0 Å². The van der Waals surface area contributed by atoms with E-state index in [0.717, 1.165) is 99.2 Å². The van der Waals surface area contributed by atoms with Gasteiger partial charge in [-0.2, -0.15) is 0 Å².